The molecule has 1 aromatic carbocycles. The van der Waals surface area contributed by atoms with Gasteiger partial charge in [0.1, 0.15) is 5.60 Å². The third-order valence-electron chi connectivity index (χ3n) is 5.78. The highest BCUT2D eigenvalue weighted by Gasteiger charge is 2.47. The molecule has 0 radical (unpaired) electrons. The highest BCUT2D eigenvalue weighted by molar-refractivity contribution is 5.23. The quantitative estimate of drug-likeness (QED) is 0.927. The van der Waals surface area contributed by atoms with E-state index >= 15 is 0 Å². The number of fused-ring (bicyclic) bond motifs is 2. The van der Waals surface area contributed by atoms with Gasteiger partial charge in [-0.25, -0.2) is 4.98 Å². The second-order valence-corrected chi connectivity index (χ2v) is 7.40. The molecule has 2 bridgehead atoms. The van der Waals surface area contributed by atoms with E-state index < -0.39 is 5.60 Å². The van der Waals surface area contributed by atoms with Gasteiger partial charge in [-0.1, -0.05) is 42.8 Å². The van der Waals surface area contributed by atoms with E-state index in [0.29, 0.717) is 18.0 Å². The lowest BCUT2D eigenvalue weighted by atomic mass is 9.74. The number of hydrogen-bond acceptors (Lipinski definition) is 4. The zero-order chi connectivity index (χ0) is 17.3. The summed E-state index contributed by atoms with van der Waals surface area (Å²) in [6.07, 6.45) is 5.04. The minimum atomic E-state index is -0.850. The molecule has 0 saturated carbocycles. The van der Waals surface area contributed by atoms with Gasteiger partial charge >= 0.3 is 0 Å². The average molecular weight is 338 g/mol. The van der Waals surface area contributed by atoms with E-state index in [4.69, 9.17) is 4.74 Å². The first-order chi connectivity index (χ1) is 12.2. The molecule has 2 unspecified atom stereocenters. The molecule has 1 aromatic heterocycles. The van der Waals surface area contributed by atoms with Gasteiger partial charge in [0, 0.05) is 24.7 Å². The first-order valence-electron chi connectivity index (χ1n) is 9.21. The fourth-order valence-electron chi connectivity index (χ4n) is 4.57. The normalized spacial score (nSPS) is 29.4. The number of rotatable bonds is 4. The summed E-state index contributed by atoms with van der Waals surface area (Å²) in [6, 6.07) is 17.2. The molecule has 2 fully saturated rings. The molecule has 2 aliphatic heterocycles. The Balaban J connectivity index is 1.58. The maximum atomic E-state index is 11.4. The van der Waals surface area contributed by atoms with Crippen LogP contribution >= 0.6 is 0 Å². The van der Waals surface area contributed by atoms with Crippen LogP contribution in [-0.4, -0.2) is 34.2 Å². The molecule has 0 aliphatic carbocycles. The van der Waals surface area contributed by atoms with Crippen LogP contribution in [-0.2, 0) is 12.1 Å². The number of aliphatic hydroxyl groups is 1. The summed E-state index contributed by atoms with van der Waals surface area (Å²) in [7, 11) is 1.62. The molecule has 2 saturated heterocycles. The molecule has 2 aliphatic rings. The molecule has 0 spiro atoms. The Kier molecular flexibility index (Phi) is 4.48. The van der Waals surface area contributed by atoms with Crippen LogP contribution in [0.2, 0.25) is 0 Å². The van der Waals surface area contributed by atoms with Crippen molar-refractivity contribution in [2.24, 2.45) is 0 Å². The molecule has 132 valence electrons. The standard InChI is InChI=1S/C21H26N2O2/c1-25-20-12-6-11-19(22-20)21(24)13-17-9-5-10-18(14-21)23(17)15-16-7-3-2-4-8-16/h2-4,6-8,11-12,17-18,24H,5,9-10,13-15H2,1H3. The lowest BCUT2D eigenvalue weighted by molar-refractivity contribution is -0.102. The summed E-state index contributed by atoms with van der Waals surface area (Å²) < 4.78 is 5.25. The van der Waals surface area contributed by atoms with Crippen molar-refractivity contribution in [1.82, 2.24) is 9.88 Å². The summed E-state index contributed by atoms with van der Waals surface area (Å²) in [5, 5.41) is 11.4. The van der Waals surface area contributed by atoms with Crippen molar-refractivity contribution in [2.75, 3.05) is 7.11 Å². The number of pyridine rings is 1. The molecule has 25 heavy (non-hydrogen) atoms. The van der Waals surface area contributed by atoms with Gasteiger partial charge in [0.05, 0.1) is 12.8 Å². The summed E-state index contributed by atoms with van der Waals surface area (Å²) in [6.45, 7) is 0.970. The monoisotopic (exact) mass is 338 g/mol. The van der Waals surface area contributed by atoms with Crippen molar-refractivity contribution in [1.29, 1.82) is 0 Å². The minimum absolute atomic E-state index is 0.408. The lowest BCUT2D eigenvalue weighted by Crippen LogP contribution is -2.56. The van der Waals surface area contributed by atoms with E-state index in [2.05, 4.69) is 40.2 Å². The maximum Gasteiger partial charge on any atom is 0.213 e. The van der Waals surface area contributed by atoms with Crippen molar-refractivity contribution in [3.05, 3.63) is 59.8 Å². The van der Waals surface area contributed by atoms with Crippen LogP contribution in [0.15, 0.2) is 48.5 Å². The van der Waals surface area contributed by atoms with Crippen molar-refractivity contribution < 1.29 is 9.84 Å². The number of ether oxygens (including phenoxy) is 1. The van der Waals surface area contributed by atoms with Gasteiger partial charge in [-0.05, 0) is 37.3 Å². The van der Waals surface area contributed by atoms with E-state index in [-0.39, 0.29) is 0 Å². The number of hydrogen-bond donors (Lipinski definition) is 1. The van der Waals surface area contributed by atoms with Crippen molar-refractivity contribution >= 4 is 0 Å². The first-order valence-corrected chi connectivity index (χ1v) is 9.21. The van der Waals surface area contributed by atoms with Gasteiger partial charge in [-0.3, -0.25) is 4.90 Å². The molecule has 2 aromatic rings. The van der Waals surface area contributed by atoms with Gasteiger partial charge in [-0.2, -0.15) is 0 Å². The topological polar surface area (TPSA) is 45.6 Å². The Morgan fingerprint density at radius 1 is 1.08 bits per heavy atom. The average Bonchev–Trinajstić information content (AvgIpc) is 2.64. The van der Waals surface area contributed by atoms with Gasteiger partial charge < -0.3 is 9.84 Å². The SMILES string of the molecule is COc1cccc(C2(O)CC3CCCC(C2)N3Cc2ccccc2)n1. The Morgan fingerprint density at radius 3 is 2.48 bits per heavy atom. The predicted octanol–water partition coefficient (Wildman–Crippen LogP) is 3.49. The molecular weight excluding hydrogens is 312 g/mol. The minimum Gasteiger partial charge on any atom is -0.481 e. The predicted molar refractivity (Wildman–Crippen MR) is 97.3 cm³/mol. The van der Waals surface area contributed by atoms with Crippen LogP contribution in [0.4, 0.5) is 0 Å². The molecule has 3 heterocycles. The van der Waals surface area contributed by atoms with Gasteiger partial charge in [0.2, 0.25) is 5.88 Å². The van der Waals surface area contributed by atoms with Gasteiger partial charge in [0.25, 0.3) is 0 Å². The highest BCUT2D eigenvalue weighted by atomic mass is 16.5. The van der Waals surface area contributed by atoms with Crippen LogP contribution in [0.3, 0.4) is 0 Å². The Hall–Kier alpha value is -1.91. The van der Waals surface area contributed by atoms with Crippen LogP contribution in [0.1, 0.15) is 43.4 Å². The summed E-state index contributed by atoms with van der Waals surface area (Å²) in [5.41, 5.74) is 1.25. The Labute approximate surface area is 149 Å². The number of aromatic nitrogens is 1. The van der Waals surface area contributed by atoms with E-state index in [1.165, 1.54) is 12.0 Å². The molecule has 4 heteroatoms. The molecule has 2 atom stereocenters. The second kappa shape index (κ2) is 6.77. The van der Waals surface area contributed by atoms with Crippen LogP contribution < -0.4 is 4.74 Å². The zero-order valence-corrected chi connectivity index (χ0v) is 14.8. The third-order valence-corrected chi connectivity index (χ3v) is 5.78. The number of nitrogens with zero attached hydrogens (tertiary/aromatic N) is 2. The Morgan fingerprint density at radius 2 is 1.80 bits per heavy atom. The number of piperidine rings is 2. The smallest absolute Gasteiger partial charge is 0.213 e. The van der Waals surface area contributed by atoms with Crippen molar-refractivity contribution in [2.45, 2.75) is 56.3 Å². The highest BCUT2D eigenvalue weighted by Crippen LogP contribution is 2.44. The molecule has 4 rings (SSSR count). The van der Waals surface area contributed by atoms with Crippen LogP contribution in [0.25, 0.3) is 0 Å². The van der Waals surface area contributed by atoms with Crippen molar-refractivity contribution in [3.8, 4) is 5.88 Å². The summed E-state index contributed by atoms with van der Waals surface area (Å²) >= 11 is 0. The fraction of sp³-hybridized carbons (Fsp3) is 0.476. The zero-order valence-electron chi connectivity index (χ0n) is 14.8. The summed E-state index contributed by atoms with van der Waals surface area (Å²) in [5.74, 6) is 0.572. The van der Waals surface area contributed by atoms with Crippen LogP contribution in [0, 0.1) is 0 Å². The maximum absolute atomic E-state index is 11.4. The van der Waals surface area contributed by atoms with Gasteiger partial charge in [0.15, 0.2) is 0 Å². The van der Waals surface area contributed by atoms with E-state index in [1.54, 1.807) is 7.11 Å². The number of benzene rings is 1. The molecule has 0 amide bonds. The van der Waals surface area contributed by atoms with E-state index in [9.17, 15) is 5.11 Å². The largest absolute Gasteiger partial charge is 0.481 e. The second-order valence-electron chi connectivity index (χ2n) is 7.40. The van der Waals surface area contributed by atoms with E-state index in [1.807, 2.05) is 18.2 Å². The summed E-state index contributed by atoms with van der Waals surface area (Å²) in [4.78, 5) is 7.14. The molecule has 1 N–H and O–H groups in total. The molecular formula is C21H26N2O2. The van der Waals surface area contributed by atoms with E-state index in [0.717, 1.165) is 37.9 Å². The Bertz CT molecular complexity index is 705. The molecule has 4 nitrogen and oxygen atoms in total. The number of methoxy groups -OCH3 is 1. The first kappa shape index (κ1) is 16.6. The fourth-order valence-corrected chi connectivity index (χ4v) is 4.57. The van der Waals surface area contributed by atoms with Crippen LogP contribution in [0.5, 0.6) is 5.88 Å². The lowest BCUT2D eigenvalue weighted by Gasteiger charge is -2.52. The van der Waals surface area contributed by atoms with Gasteiger partial charge in [-0.15, -0.1) is 0 Å². The van der Waals surface area contributed by atoms with Crippen molar-refractivity contribution in [3.63, 3.8) is 0 Å². The third kappa shape index (κ3) is 3.29.